The fraction of sp³-hybridized carbons (Fsp3) is 0.938. The molecule has 2 unspecified atom stereocenters. The summed E-state index contributed by atoms with van der Waals surface area (Å²) < 4.78 is 11.3. The minimum absolute atomic E-state index is 0.302. The first-order valence-electron chi connectivity index (χ1n) is 7.94. The summed E-state index contributed by atoms with van der Waals surface area (Å²) in [6.45, 7) is 8.49. The summed E-state index contributed by atoms with van der Waals surface area (Å²) in [5, 5.41) is 12.6. The van der Waals surface area contributed by atoms with Gasteiger partial charge in [-0.1, -0.05) is 0 Å². The molecule has 0 aromatic rings. The maximum atomic E-state index is 9.25. The van der Waals surface area contributed by atoms with E-state index in [1.165, 1.54) is 12.8 Å². The molecule has 1 aliphatic rings. The van der Waals surface area contributed by atoms with Gasteiger partial charge in [-0.05, 0) is 59.3 Å². The highest BCUT2D eigenvalue weighted by Gasteiger charge is 2.23. The Labute approximate surface area is 123 Å². The summed E-state index contributed by atoms with van der Waals surface area (Å²) in [7, 11) is 0. The molecule has 116 valence electrons. The standard InChI is InChI=1S/C16H30N2O2/c1-14(2)18-16(3,13-17)9-5-7-10-19-12-15-8-4-6-11-20-15/h14-15,18H,4-12H2,1-3H3. The lowest BCUT2D eigenvalue weighted by molar-refractivity contribution is -0.0412. The maximum absolute atomic E-state index is 9.25. The predicted molar refractivity (Wildman–Crippen MR) is 80.6 cm³/mol. The van der Waals surface area contributed by atoms with Gasteiger partial charge in [0.05, 0.1) is 18.8 Å². The number of nitriles is 1. The van der Waals surface area contributed by atoms with Crippen LogP contribution in [0.3, 0.4) is 0 Å². The zero-order valence-corrected chi connectivity index (χ0v) is 13.3. The van der Waals surface area contributed by atoms with Crippen LogP contribution in [-0.4, -0.2) is 37.5 Å². The number of hydrogen-bond acceptors (Lipinski definition) is 4. The zero-order chi connectivity index (χ0) is 14.8. The number of hydrogen-bond donors (Lipinski definition) is 1. The third-order valence-electron chi connectivity index (χ3n) is 3.65. The van der Waals surface area contributed by atoms with E-state index in [1.54, 1.807) is 0 Å². The first-order valence-corrected chi connectivity index (χ1v) is 7.94. The predicted octanol–water partition coefficient (Wildman–Crippen LogP) is 3.02. The monoisotopic (exact) mass is 282 g/mol. The van der Waals surface area contributed by atoms with Crippen LogP contribution >= 0.6 is 0 Å². The lowest BCUT2D eigenvalue weighted by Crippen LogP contribution is -2.44. The van der Waals surface area contributed by atoms with E-state index in [0.717, 1.165) is 45.5 Å². The van der Waals surface area contributed by atoms with Gasteiger partial charge in [0.1, 0.15) is 5.54 Å². The van der Waals surface area contributed by atoms with Gasteiger partial charge in [0.25, 0.3) is 0 Å². The minimum atomic E-state index is -0.416. The summed E-state index contributed by atoms with van der Waals surface area (Å²) in [6, 6.07) is 2.71. The van der Waals surface area contributed by atoms with E-state index < -0.39 is 5.54 Å². The van der Waals surface area contributed by atoms with Crippen LogP contribution in [0.4, 0.5) is 0 Å². The first-order chi connectivity index (χ1) is 9.56. The maximum Gasteiger partial charge on any atom is 0.104 e. The molecule has 1 heterocycles. The second-order valence-corrected chi connectivity index (χ2v) is 6.26. The van der Waals surface area contributed by atoms with Crippen molar-refractivity contribution >= 4 is 0 Å². The molecule has 1 aliphatic heterocycles. The van der Waals surface area contributed by atoms with Gasteiger partial charge < -0.3 is 9.47 Å². The first kappa shape index (κ1) is 17.4. The van der Waals surface area contributed by atoms with Gasteiger partial charge in [-0.3, -0.25) is 5.32 Å². The molecule has 4 heteroatoms. The minimum Gasteiger partial charge on any atom is -0.379 e. The van der Waals surface area contributed by atoms with E-state index in [1.807, 2.05) is 6.92 Å². The van der Waals surface area contributed by atoms with Gasteiger partial charge in [0.15, 0.2) is 0 Å². The normalized spacial score (nSPS) is 22.4. The van der Waals surface area contributed by atoms with Crippen molar-refractivity contribution in [3.05, 3.63) is 0 Å². The van der Waals surface area contributed by atoms with Gasteiger partial charge >= 0.3 is 0 Å². The number of rotatable bonds is 9. The number of unbranched alkanes of at least 4 members (excludes halogenated alkanes) is 1. The van der Waals surface area contributed by atoms with Crippen LogP contribution in [0.1, 0.15) is 59.3 Å². The Bertz CT molecular complexity index is 295. The average molecular weight is 282 g/mol. The van der Waals surface area contributed by atoms with Crippen LogP contribution < -0.4 is 5.32 Å². The second-order valence-electron chi connectivity index (χ2n) is 6.26. The van der Waals surface area contributed by atoms with Crippen molar-refractivity contribution < 1.29 is 9.47 Å². The topological polar surface area (TPSA) is 54.3 Å². The molecule has 0 aliphatic carbocycles. The molecule has 1 fully saturated rings. The molecule has 20 heavy (non-hydrogen) atoms. The highest BCUT2D eigenvalue weighted by atomic mass is 16.5. The van der Waals surface area contributed by atoms with E-state index in [0.29, 0.717) is 12.1 Å². The van der Waals surface area contributed by atoms with E-state index in [-0.39, 0.29) is 0 Å². The van der Waals surface area contributed by atoms with Gasteiger partial charge in [-0.2, -0.15) is 5.26 Å². The second kappa shape index (κ2) is 9.33. The lowest BCUT2D eigenvalue weighted by atomic mass is 9.96. The van der Waals surface area contributed by atoms with Gasteiger partial charge in [0.2, 0.25) is 0 Å². The van der Waals surface area contributed by atoms with Crippen molar-refractivity contribution in [1.82, 2.24) is 5.32 Å². The van der Waals surface area contributed by atoms with Crippen molar-refractivity contribution in [3.8, 4) is 6.07 Å². The molecule has 1 rings (SSSR count). The number of ether oxygens (including phenoxy) is 2. The Kier molecular flexibility index (Phi) is 8.13. The lowest BCUT2D eigenvalue weighted by Gasteiger charge is -2.26. The smallest absolute Gasteiger partial charge is 0.104 e. The van der Waals surface area contributed by atoms with Crippen molar-refractivity contribution in [2.45, 2.75) is 77.0 Å². The Balaban J connectivity index is 2.04. The molecule has 0 radical (unpaired) electrons. The molecule has 0 saturated carbocycles. The Morgan fingerprint density at radius 1 is 1.40 bits per heavy atom. The number of nitrogens with zero attached hydrogens (tertiary/aromatic N) is 1. The van der Waals surface area contributed by atoms with Gasteiger partial charge in [0, 0.05) is 19.3 Å². The Morgan fingerprint density at radius 3 is 2.80 bits per heavy atom. The Morgan fingerprint density at radius 2 is 2.20 bits per heavy atom. The third-order valence-corrected chi connectivity index (χ3v) is 3.65. The van der Waals surface area contributed by atoms with Crippen LogP contribution in [0, 0.1) is 11.3 Å². The summed E-state index contributed by atoms with van der Waals surface area (Å²) in [5.41, 5.74) is -0.416. The SMILES string of the molecule is CC(C)NC(C)(C#N)CCCCOCC1CCCCO1. The van der Waals surface area contributed by atoms with E-state index in [9.17, 15) is 5.26 Å². The van der Waals surface area contributed by atoms with Crippen LogP contribution in [0.2, 0.25) is 0 Å². The number of nitrogens with one attached hydrogen (secondary N) is 1. The van der Waals surface area contributed by atoms with E-state index >= 15 is 0 Å². The summed E-state index contributed by atoms with van der Waals surface area (Å²) >= 11 is 0. The molecule has 2 atom stereocenters. The molecule has 0 amide bonds. The fourth-order valence-corrected chi connectivity index (χ4v) is 2.63. The largest absolute Gasteiger partial charge is 0.379 e. The molecule has 0 spiro atoms. The van der Waals surface area contributed by atoms with Crippen molar-refractivity contribution in [1.29, 1.82) is 5.26 Å². The molecule has 1 N–H and O–H groups in total. The van der Waals surface area contributed by atoms with Crippen molar-refractivity contribution in [2.24, 2.45) is 0 Å². The van der Waals surface area contributed by atoms with Crippen molar-refractivity contribution in [2.75, 3.05) is 19.8 Å². The van der Waals surface area contributed by atoms with Crippen LogP contribution in [0.15, 0.2) is 0 Å². The quantitative estimate of drug-likeness (QED) is 0.660. The van der Waals surface area contributed by atoms with Crippen LogP contribution in [-0.2, 0) is 9.47 Å². The molecule has 1 saturated heterocycles. The van der Waals surface area contributed by atoms with Crippen LogP contribution in [0.25, 0.3) is 0 Å². The summed E-state index contributed by atoms with van der Waals surface area (Å²) in [6.07, 6.45) is 6.76. The molecule has 4 nitrogen and oxygen atoms in total. The highest BCUT2D eigenvalue weighted by molar-refractivity contribution is 5.04. The highest BCUT2D eigenvalue weighted by Crippen LogP contribution is 2.15. The van der Waals surface area contributed by atoms with Crippen molar-refractivity contribution in [3.63, 3.8) is 0 Å². The molecule has 0 aromatic carbocycles. The fourth-order valence-electron chi connectivity index (χ4n) is 2.63. The molecular formula is C16H30N2O2. The van der Waals surface area contributed by atoms with Crippen LogP contribution in [0.5, 0.6) is 0 Å². The molecule has 0 bridgehead atoms. The molecule has 0 aromatic heterocycles. The zero-order valence-electron chi connectivity index (χ0n) is 13.3. The average Bonchev–Trinajstić information content (AvgIpc) is 2.43. The summed E-state index contributed by atoms with van der Waals surface area (Å²) in [4.78, 5) is 0. The summed E-state index contributed by atoms with van der Waals surface area (Å²) in [5.74, 6) is 0. The molecular weight excluding hydrogens is 252 g/mol. The van der Waals surface area contributed by atoms with E-state index in [4.69, 9.17) is 9.47 Å². The van der Waals surface area contributed by atoms with E-state index in [2.05, 4.69) is 25.2 Å². The third kappa shape index (κ3) is 7.23. The Hall–Kier alpha value is -0.630. The van der Waals surface area contributed by atoms with Gasteiger partial charge in [-0.15, -0.1) is 0 Å². The van der Waals surface area contributed by atoms with Gasteiger partial charge in [-0.25, -0.2) is 0 Å².